The zero-order valence-electron chi connectivity index (χ0n) is 9.62. The number of aliphatic hydroxyl groups excluding tert-OH is 1. The second-order valence-electron chi connectivity index (χ2n) is 3.78. The minimum absolute atomic E-state index is 0.0879. The summed E-state index contributed by atoms with van der Waals surface area (Å²) in [6, 6.07) is 1.36. The fourth-order valence-electron chi connectivity index (χ4n) is 1.43. The van der Waals surface area contributed by atoms with E-state index in [2.05, 4.69) is 5.10 Å². The van der Waals surface area contributed by atoms with Crippen LogP contribution in [0, 0.1) is 17.0 Å². The number of nitrogens with zero attached hydrogens (tertiary/aromatic N) is 3. The topological polar surface area (TPSA) is 81.2 Å². The molecule has 8 heteroatoms. The van der Waals surface area contributed by atoms with Gasteiger partial charge in [-0.05, 0) is 13.8 Å². The third-order valence-electron chi connectivity index (χ3n) is 2.37. The van der Waals surface area contributed by atoms with E-state index in [9.17, 15) is 15.2 Å². The Kier molecular flexibility index (Phi) is 3.38. The summed E-state index contributed by atoms with van der Waals surface area (Å²) in [6.45, 7) is 3.27. The second kappa shape index (κ2) is 4.68. The number of halogens is 1. The summed E-state index contributed by atoms with van der Waals surface area (Å²) in [5.74, 6) is 0. The van der Waals surface area contributed by atoms with Gasteiger partial charge >= 0.3 is 5.69 Å². The largest absolute Gasteiger partial charge is 0.388 e. The van der Waals surface area contributed by atoms with E-state index in [0.717, 1.165) is 11.3 Å². The lowest BCUT2D eigenvalue weighted by Gasteiger charge is -1.97. The van der Waals surface area contributed by atoms with Crippen molar-refractivity contribution in [2.24, 2.45) is 0 Å². The molecule has 0 amide bonds. The van der Waals surface area contributed by atoms with Gasteiger partial charge in [0.25, 0.3) is 0 Å². The van der Waals surface area contributed by atoms with E-state index < -0.39 is 11.0 Å². The molecule has 0 aliphatic carbocycles. The average molecular weight is 288 g/mol. The van der Waals surface area contributed by atoms with Crippen LogP contribution in [0.1, 0.15) is 23.6 Å². The van der Waals surface area contributed by atoms with Gasteiger partial charge in [0.15, 0.2) is 5.00 Å². The summed E-state index contributed by atoms with van der Waals surface area (Å²) >= 11 is 7.00. The van der Waals surface area contributed by atoms with E-state index in [1.807, 2.05) is 0 Å². The lowest BCUT2D eigenvalue weighted by Crippen LogP contribution is -1.96. The van der Waals surface area contributed by atoms with Crippen LogP contribution in [-0.4, -0.2) is 19.8 Å². The summed E-state index contributed by atoms with van der Waals surface area (Å²) < 4.78 is 1.37. The van der Waals surface area contributed by atoms with Crippen molar-refractivity contribution < 1.29 is 10.0 Å². The van der Waals surface area contributed by atoms with Crippen molar-refractivity contribution in [3.05, 3.63) is 38.0 Å². The number of thiophene rings is 1. The maximum Gasteiger partial charge on any atom is 0.306 e. The van der Waals surface area contributed by atoms with Gasteiger partial charge in [-0.1, -0.05) is 11.6 Å². The number of nitro groups is 1. The summed E-state index contributed by atoms with van der Waals surface area (Å²) in [5.41, 5.74) is 0.507. The summed E-state index contributed by atoms with van der Waals surface area (Å²) in [4.78, 5) is 11.0. The molecule has 96 valence electrons. The van der Waals surface area contributed by atoms with Gasteiger partial charge in [-0.15, -0.1) is 11.3 Å². The number of aromatic nitrogens is 2. The Labute approximate surface area is 112 Å². The van der Waals surface area contributed by atoms with Gasteiger partial charge in [-0.3, -0.25) is 10.1 Å². The molecule has 1 unspecified atom stereocenters. The number of aryl methyl sites for hydroxylation is 1. The lowest BCUT2D eigenvalue weighted by atomic mass is 10.3. The molecule has 6 nitrogen and oxygen atoms in total. The van der Waals surface area contributed by atoms with Crippen LogP contribution in [0.4, 0.5) is 5.69 Å². The highest BCUT2D eigenvalue weighted by molar-refractivity contribution is 7.15. The first-order valence-electron chi connectivity index (χ1n) is 5.08. The highest BCUT2D eigenvalue weighted by atomic mass is 35.5. The van der Waals surface area contributed by atoms with Crippen LogP contribution in [0.2, 0.25) is 5.02 Å². The minimum atomic E-state index is -0.755. The van der Waals surface area contributed by atoms with Crippen LogP contribution >= 0.6 is 22.9 Å². The number of hydrogen-bond donors (Lipinski definition) is 1. The second-order valence-corrected chi connectivity index (χ2v) is 5.25. The number of rotatable bonds is 3. The van der Waals surface area contributed by atoms with Crippen LogP contribution in [0.25, 0.3) is 5.00 Å². The molecule has 0 aliphatic heterocycles. The molecular weight excluding hydrogens is 278 g/mol. The third-order valence-corrected chi connectivity index (χ3v) is 4.02. The molecule has 1 N–H and O–H groups in total. The van der Waals surface area contributed by atoms with E-state index in [0.29, 0.717) is 20.6 Å². The molecular formula is C10H10ClN3O3S. The van der Waals surface area contributed by atoms with Gasteiger partial charge in [-0.25, -0.2) is 4.68 Å². The molecule has 0 fully saturated rings. The average Bonchev–Trinajstić information content (AvgIpc) is 2.83. The van der Waals surface area contributed by atoms with Crippen molar-refractivity contribution in [3.8, 4) is 5.00 Å². The van der Waals surface area contributed by atoms with E-state index in [4.69, 9.17) is 11.6 Å². The Balaban J connectivity index is 2.58. The molecule has 1 atom stereocenters. The van der Waals surface area contributed by atoms with Gasteiger partial charge in [0.05, 0.1) is 27.9 Å². The van der Waals surface area contributed by atoms with Gasteiger partial charge in [0, 0.05) is 10.9 Å². The third kappa shape index (κ3) is 2.24. The number of aliphatic hydroxyl groups is 1. The summed E-state index contributed by atoms with van der Waals surface area (Å²) in [6.07, 6.45) is 0.760. The van der Waals surface area contributed by atoms with Crippen molar-refractivity contribution in [2.45, 2.75) is 20.0 Å². The van der Waals surface area contributed by atoms with Crippen molar-refractivity contribution in [3.63, 3.8) is 0 Å². The summed E-state index contributed by atoms with van der Waals surface area (Å²) in [5, 5.41) is 25.3. The standard InChI is InChI=1S/C10H10ClN3O3S/c1-5-7(11)4-13(12-5)10-8(14(16)17)3-9(18-10)6(2)15/h3-4,6,15H,1-2H3. The molecule has 0 saturated heterocycles. The Bertz CT molecular complexity index is 586. The van der Waals surface area contributed by atoms with E-state index in [1.54, 1.807) is 13.8 Å². The van der Waals surface area contributed by atoms with Crippen molar-refractivity contribution in [1.29, 1.82) is 0 Å². The highest BCUT2D eigenvalue weighted by Gasteiger charge is 2.23. The molecule has 18 heavy (non-hydrogen) atoms. The molecule has 0 spiro atoms. The van der Waals surface area contributed by atoms with Crippen molar-refractivity contribution >= 4 is 28.6 Å². The first kappa shape index (κ1) is 13.0. The van der Waals surface area contributed by atoms with Crippen molar-refractivity contribution in [1.82, 2.24) is 9.78 Å². The van der Waals surface area contributed by atoms with Gasteiger partial charge < -0.3 is 5.11 Å². The maximum atomic E-state index is 11.0. The highest BCUT2D eigenvalue weighted by Crippen LogP contribution is 2.36. The quantitative estimate of drug-likeness (QED) is 0.695. The Morgan fingerprint density at radius 3 is 2.78 bits per heavy atom. The molecule has 0 radical (unpaired) electrons. The molecule has 2 heterocycles. The summed E-state index contributed by atoms with van der Waals surface area (Å²) in [7, 11) is 0. The van der Waals surface area contributed by atoms with E-state index >= 15 is 0 Å². The minimum Gasteiger partial charge on any atom is -0.388 e. The van der Waals surface area contributed by atoms with E-state index in [-0.39, 0.29) is 5.69 Å². The molecule has 0 bridgehead atoms. The SMILES string of the molecule is Cc1nn(-c2sc(C(C)O)cc2[N+](=O)[O-])cc1Cl. The van der Waals surface area contributed by atoms with Gasteiger partial charge in [0.1, 0.15) is 0 Å². The molecule has 2 aromatic rings. The van der Waals surface area contributed by atoms with Crippen LogP contribution in [-0.2, 0) is 0 Å². The van der Waals surface area contributed by atoms with Crippen LogP contribution in [0.15, 0.2) is 12.3 Å². The normalized spacial score (nSPS) is 12.7. The zero-order chi connectivity index (χ0) is 13.4. The Hall–Kier alpha value is -1.44. The lowest BCUT2D eigenvalue weighted by molar-refractivity contribution is -0.384. The predicted molar refractivity (Wildman–Crippen MR) is 68.5 cm³/mol. The fourth-order valence-corrected chi connectivity index (χ4v) is 2.55. The zero-order valence-corrected chi connectivity index (χ0v) is 11.2. The smallest absolute Gasteiger partial charge is 0.306 e. The molecule has 2 aromatic heterocycles. The van der Waals surface area contributed by atoms with Gasteiger partial charge in [-0.2, -0.15) is 5.10 Å². The maximum absolute atomic E-state index is 11.0. The van der Waals surface area contributed by atoms with Gasteiger partial charge in [0.2, 0.25) is 0 Å². The molecule has 0 saturated carbocycles. The Morgan fingerprint density at radius 1 is 1.67 bits per heavy atom. The Morgan fingerprint density at radius 2 is 2.33 bits per heavy atom. The first-order valence-corrected chi connectivity index (χ1v) is 6.28. The molecule has 0 aromatic carbocycles. The van der Waals surface area contributed by atoms with Crippen LogP contribution in [0.3, 0.4) is 0 Å². The first-order chi connectivity index (χ1) is 8.40. The van der Waals surface area contributed by atoms with Crippen LogP contribution < -0.4 is 0 Å². The number of hydrogen-bond acceptors (Lipinski definition) is 5. The van der Waals surface area contributed by atoms with E-state index in [1.165, 1.54) is 16.9 Å². The van der Waals surface area contributed by atoms with Crippen LogP contribution in [0.5, 0.6) is 0 Å². The monoisotopic (exact) mass is 287 g/mol. The fraction of sp³-hybridized carbons (Fsp3) is 0.300. The van der Waals surface area contributed by atoms with Crippen molar-refractivity contribution in [2.75, 3.05) is 0 Å². The predicted octanol–water partition coefficient (Wildman–Crippen LogP) is 2.86. The molecule has 2 rings (SSSR count). The molecule has 0 aliphatic rings.